The Bertz CT molecular complexity index is 1140. The molecular formula is C27H34ClN3O3Si. The van der Waals surface area contributed by atoms with E-state index in [4.69, 9.17) is 16.3 Å². The van der Waals surface area contributed by atoms with Crippen molar-refractivity contribution in [3.05, 3.63) is 64.0 Å². The molecule has 0 spiro atoms. The molecule has 2 aliphatic heterocycles. The molecule has 0 unspecified atom stereocenters. The third kappa shape index (κ3) is 6.24. The molecule has 35 heavy (non-hydrogen) atoms. The van der Waals surface area contributed by atoms with Gasteiger partial charge in [0.2, 0.25) is 0 Å². The van der Waals surface area contributed by atoms with Crippen LogP contribution in [0.3, 0.4) is 0 Å². The quantitative estimate of drug-likeness (QED) is 0.302. The highest BCUT2D eigenvalue weighted by Crippen LogP contribution is 2.35. The van der Waals surface area contributed by atoms with Gasteiger partial charge in [-0.2, -0.15) is 0 Å². The van der Waals surface area contributed by atoms with Crippen molar-refractivity contribution in [3.63, 3.8) is 0 Å². The Balaban J connectivity index is 1.54. The van der Waals surface area contributed by atoms with Crippen LogP contribution >= 0.6 is 11.6 Å². The minimum Gasteiger partial charge on any atom is -0.390 e. The standard InChI is InChI=1S/C27H34ClN3O3Si/c1-27(33)12-15-30(16-13-27)26(32)21-7-5-20(6-8-21)24-10-9-22-23(28)11-14-29-25(22)31(24)19-34-17-18-35(2,3)4/h5-9,11,14,33H,12-13,15-19H2,1-4H3. The Morgan fingerprint density at radius 2 is 1.89 bits per heavy atom. The number of pyridine rings is 1. The summed E-state index contributed by atoms with van der Waals surface area (Å²) >= 11 is 6.43. The first kappa shape index (κ1) is 25.7. The number of hydrogen-bond donors (Lipinski definition) is 1. The number of carbonyl (C=O) groups is 1. The molecule has 1 fully saturated rings. The van der Waals surface area contributed by atoms with Crippen LogP contribution in [0.25, 0.3) is 11.8 Å². The van der Waals surface area contributed by atoms with Gasteiger partial charge in [0.05, 0.1) is 16.3 Å². The van der Waals surface area contributed by atoms with E-state index in [1.807, 2.05) is 47.1 Å². The zero-order valence-electron chi connectivity index (χ0n) is 21.0. The zero-order valence-corrected chi connectivity index (χ0v) is 22.7. The van der Waals surface area contributed by atoms with E-state index in [0.29, 0.717) is 49.9 Å². The smallest absolute Gasteiger partial charge is 0.253 e. The van der Waals surface area contributed by atoms with E-state index < -0.39 is 13.7 Å². The Labute approximate surface area is 213 Å². The molecule has 0 saturated carbocycles. The number of rotatable bonds is 7. The van der Waals surface area contributed by atoms with Crippen LogP contribution in [0.5, 0.6) is 0 Å². The van der Waals surface area contributed by atoms with Crippen LogP contribution < -0.4 is 4.90 Å². The van der Waals surface area contributed by atoms with E-state index in [2.05, 4.69) is 30.4 Å². The van der Waals surface area contributed by atoms with Gasteiger partial charge in [-0.25, -0.2) is 4.98 Å². The Morgan fingerprint density at radius 3 is 2.54 bits per heavy atom. The van der Waals surface area contributed by atoms with Crippen LogP contribution in [-0.2, 0) is 4.74 Å². The molecule has 0 atom stereocenters. The van der Waals surface area contributed by atoms with Crippen molar-refractivity contribution in [2.75, 3.05) is 31.3 Å². The second-order valence-corrected chi connectivity index (χ2v) is 16.8. The van der Waals surface area contributed by atoms with Crippen LogP contribution in [0.1, 0.15) is 41.3 Å². The summed E-state index contributed by atoms with van der Waals surface area (Å²) < 4.78 is 6.08. The molecular weight excluding hydrogens is 478 g/mol. The first-order valence-corrected chi connectivity index (χ1v) is 16.2. The van der Waals surface area contributed by atoms with Crippen molar-refractivity contribution in [2.45, 2.75) is 51.1 Å². The van der Waals surface area contributed by atoms with Gasteiger partial charge in [-0.15, -0.1) is 0 Å². The van der Waals surface area contributed by atoms with Crippen molar-refractivity contribution >= 4 is 43.2 Å². The summed E-state index contributed by atoms with van der Waals surface area (Å²) in [5, 5.41) is 10.8. The number of aromatic nitrogens is 1. The predicted octanol–water partition coefficient (Wildman–Crippen LogP) is 5.51. The van der Waals surface area contributed by atoms with Crippen LogP contribution in [0, 0.1) is 0 Å². The number of fused-ring (bicyclic) bond motifs is 1. The summed E-state index contributed by atoms with van der Waals surface area (Å²) in [4.78, 5) is 21.4. The van der Waals surface area contributed by atoms with E-state index in [9.17, 15) is 9.90 Å². The number of piperidine rings is 1. The van der Waals surface area contributed by atoms with E-state index in [1.165, 1.54) is 0 Å². The van der Waals surface area contributed by atoms with Gasteiger partial charge in [-0.3, -0.25) is 9.69 Å². The lowest BCUT2D eigenvalue weighted by atomic mass is 9.93. The molecule has 2 aromatic rings. The number of carbonyl (C=O) groups excluding carboxylic acids is 1. The predicted molar refractivity (Wildman–Crippen MR) is 144 cm³/mol. The molecule has 1 N–H and O–H groups in total. The lowest BCUT2D eigenvalue weighted by Gasteiger charge is -2.35. The van der Waals surface area contributed by atoms with Crippen LogP contribution in [-0.4, -0.2) is 61.0 Å². The molecule has 2 aliphatic rings. The minimum absolute atomic E-state index is 0.00875. The maximum Gasteiger partial charge on any atom is 0.253 e. The van der Waals surface area contributed by atoms with E-state index >= 15 is 0 Å². The number of anilines is 1. The van der Waals surface area contributed by atoms with Crippen molar-refractivity contribution in [1.82, 2.24) is 9.88 Å². The molecule has 1 saturated heterocycles. The molecule has 0 bridgehead atoms. The van der Waals surface area contributed by atoms with Crippen molar-refractivity contribution in [3.8, 4) is 0 Å². The highest BCUT2D eigenvalue weighted by Gasteiger charge is 2.30. The normalized spacial score (nSPS) is 17.3. The van der Waals surface area contributed by atoms with Crippen LogP contribution in [0.4, 0.5) is 5.82 Å². The fourth-order valence-electron chi connectivity index (χ4n) is 4.16. The summed E-state index contributed by atoms with van der Waals surface area (Å²) in [6.07, 6.45) is 4.74. The average Bonchev–Trinajstić information content (AvgIpc) is 2.81. The Morgan fingerprint density at radius 1 is 1.20 bits per heavy atom. The van der Waals surface area contributed by atoms with Crippen molar-refractivity contribution < 1.29 is 14.6 Å². The Hall–Kier alpha value is -2.41. The summed E-state index contributed by atoms with van der Waals surface area (Å²) in [6, 6.07) is 10.4. The number of benzene rings is 1. The third-order valence-corrected chi connectivity index (χ3v) is 8.58. The summed E-state index contributed by atoms with van der Waals surface area (Å²) in [6.45, 7) is 11.0. The second-order valence-electron chi connectivity index (χ2n) is 10.8. The maximum atomic E-state index is 13.0. The molecule has 0 aliphatic carbocycles. The molecule has 186 valence electrons. The fraction of sp³-hybridized carbons (Fsp3) is 0.444. The SMILES string of the molecule is CC1(O)CCN(C(=O)c2ccc(C3=C=Cc4c(Cl)ccnc4N3COCC[Si](C)(C)C)cc2)CC1. The van der Waals surface area contributed by atoms with Crippen LogP contribution in [0.15, 0.2) is 42.3 Å². The third-order valence-electron chi connectivity index (χ3n) is 6.54. The van der Waals surface area contributed by atoms with Crippen LogP contribution in [0.2, 0.25) is 30.7 Å². The largest absolute Gasteiger partial charge is 0.390 e. The zero-order chi connectivity index (χ0) is 25.2. The average molecular weight is 512 g/mol. The highest BCUT2D eigenvalue weighted by molar-refractivity contribution is 6.76. The number of aliphatic hydroxyl groups is 1. The fourth-order valence-corrected chi connectivity index (χ4v) is 5.11. The molecule has 1 amide bonds. The molecule has 1 aromatic carbocycles. The van der Waals surface area contributed by atoms with Crippen molar-refractivity contribution in [2.24, 2.45) is 0 Å². The number of halogens is 1. The lowest BCUT2D eigenvalue weighted by Crippen LogP contribution is -2.45. The Kier molecular flexibility index (Phi) is 7.55. The summed E-state index contributed by atoms with van der Waals surface area (Å²) in [7, 11) is -1.20. The number of likely N-dealkylation sites (tertiary alicyclic amines) is 1. The molecule has 4 rings (SSSR count). The molecule has 6 nitrogen and oxygen atoms in total. The second kappa shape index (κ2) is 10.3. The summed E-state index contributed by atoms with van der Waals surface area (Å²) in [5.41, 5.74) is 5.87. The van der Waals surface area contributed by atoms with E-state index in [0.717, 1.165) is 28.7 Å². The van der Waals surface area contributed by atoms with Gasteiger partial charge in [-0.05, 0) is 50.1 Å². The first-order valence-electron chi connectivity index (χ1n) is 12.1. The highest BCUT2D eigenvalue weighted by atomic mass is 35.5. The number of amides is 1. The molecule has 8 heteroatoms. The van der Waals surface area contributed by atoms with Gasteiger partial charge in [0.25, 0.3) is 5.91 Å². The lowest BCUT2D eigenvalue weighted by molar-refractivity contribution is -0.00202. The number of ether oxygens (including phenoxy) is 1. The minimum atomic E-state index is -1.20. The summed E-state index contributed by atoms with van der Waals surface area (Å²) in [5.74, 6) is 0.727. The van der Waals surface area contributed by atoms with E-state index in [-0.39, 0.29) is 5.91 Å². The van der Waals surface area contributed by atoms with E-state index in [1.54, 1.807) is 12.3 Å². The van der Waals surface area contributed by atoms with Gasteiger partial charge < -0.3 is 14.7 Å². The van der Waals surface area contributed by atoms with Gasteiger partial charge in [0.15, 0.2) is 0 Å². The monoisotopic (exact) mass is 511 g/mol. The number of hydrogen-bond acceptors (Lipinski definition) is 5. The van der Waals surface area contributed by atoms with Gasteiger partial charge in [-0.1, -0.05) is 49.1 Å². The van der Waals surface area contributed by atoms with Gasteiger partial charge >= 0.3 is 0 Å². The molecule has 1 aromatic heterocycles. The van der Waals surface area contributed by atoms with Gasteiger partial charge in [0, 0.05) is 50.7 Å². The topological polar surface area (TPSA) is 65.9 Å². The molecule has 3 heterocycles. The first-order chi connectivity index (χ1) is 16.5. The molecule has 0 radical (unpaired) electrons. The van der Waals surface area contributed by atoms with Gasteiger partial charge in [0.1, 0.15) is 12.5 Å². The van der Waals surface area contributed by atoms with Crippen molar-refractivity contribution in [1.29, 1.82) is 0 Å². The maximum absolute atomic E-state index is 13.0. The number of nitrogens with zero attached hydrogens (tertiary/aromatic N) is 3.